The molecule has 2 nitrogen and oxygen atoms in total. The minimum Gasteiger partial charge on any atom is -0.315 e. The summed E-state index contributed by atoms with van der Waals surface area (Å²) in [4.78, 5) is 2.47. The van der Waals surface area contributed by atoms with Gasteiger partial charge in [0.05, 0.1) is 0 Å². The molecule has 1 aliphatic carbocycles. The fourth-order valence-corrected chi connectivity index (χ4v) is 1.38. The average Bonchev–Trinajstić information content (AvgIpc) is 2.86. The zero-order valence-corrected chi connectivity index (χ0v) is 8.47. The minimum atomic E-state index is 0.915. The second-order valence-electron chi connectivity index (χ2n) is 3.82. The van der Waals surface area contributed by atoms with Gasteiger partial charge in [-0.1, -0.05) is 13.3 Å². The molecule has 0 amide bonds. The van der Waals surface area contributed by atoms with Gasteiger partial charge in [0.1, 0.15) is 0 Å². The molecule has 0 aliphatic heterocycles. The van der Waals surface area contributed by atoms with E-state index in [-0.39, 0.29) is 0 Å². The monoisotopic (exact) mass is 170 g/mol. The van der Waals surface area contributed by atoms with Crippen molar-refractivity contribution in [2.24, 2.45) is 0 Å². The van der Waals surface area contributed by atoms with Gasteiger partial charge < -0.3 is 10.2 Å². The average molecular weight is 170 g/mol. The molecule has 1 saturated carbocycles. The highest BCUT2D eigenvalue weighted by Crippen LogP contribution is 2.24. The fourth-order valence-electron chi connectivity index (χ4n) is 1.38. The molecule has 0 aromatic rings. The van der Waals surface area contributed by atoms with Crippen LogP contribution in [0.1, 0.15) is 32.6 Å². The van der Waals surface area contributed by atoms with Gasteiger partial charge in [-0.05, 0) is 32.9 Å². The van der Waals surface area contributed by atoms with Gasteiger partial charge in [-0.15, -0.1) is 0 Å². The van der Waals surface area contributed by atoms with Crippen molar-refractivity contribution in [1.82, 2.24) is 10.2 Å². The van der Waals surface area contributed by atoms with Crippen LogP contribution in [0.15, 0.2) is 0 Å². The number of hydrogen-bond acceptors (Lipinski definition) is 2. The molecule has 0 atom stereocenters. The van der Waals surface area contributed by atoms with Crippen LogP contribution in [0.4, 0.5) is 0 Å². The van der Waals surface area contributed by atoms with Crippen LogP contribution < -0.4 is 5.32 Å². The molecule has 1 fully saturated rings. The Morgan fingerprint density at radius 1 is 1.33 bits per heavy atom. The number of unbranched alkanes of at least 4 members (excludes halogenated alkanes) is 1. The molecule has 1 N–H and O–H groups in total. The lowest BCUT2D eigenvalue weighted by atomic mass is 10.3. The molecule has 0 spiro atoms. The van der Waals surface area contributed by atoms with E-state index in [1.165, 1.54) is 38.8 Å². The summed E-state index contributed by atoms with van der Waals surface area (Å²) < 4.78 is 0. The molecule has 2 heteroatoms. The summed E-state index contributed by atoms with van der Waals surface area (Å²) in [5.41, 5.74) is 0. The Bertz CT molecular complexity index is 110. The van der Waals surface area contributed by atoms with Crippen molar-refractivity contribution >= 4 is 0 Å². The molecule has 1 aliphatic rings. The Balaban J connectivity index is 1.81. The van der Waals surface area contributed by atoms with Gasteiger partial charge in [0.15, 0.2) is 0 Å². The zero-order chi connectivity index (χ0) is 8.81. The van der Waals surface area contributed by atoms with Crippen LogP contribution in [0.3, 0.4) is 0 Å². The van der Waals surface area contributed by atoms with E-state index in [2.05, 4.69) is 24.2 Å². The Morgan fingerprint density at radius 2 is 2.08 bits per heavy atom. The number of nitrogens with zero attached hydrogens (tertiary/aromatic N) is 1. The van der Waals surface area contributed by atoms with Crippen LogP contribution in [0.25, 0.3) is 0 Å². The normalized spacial score (nSPS) is 17.2. The number of hydrogen-bond donors (Lipinski definition) is 1. The van der Waals surface area contributed by atoms with Crippen molar-refractivity contribution in [1.29, 1.82) is 0 Å². The number of likely N-dealkylation sites (N-methyl/N-ethyl adjacent to an activating group) is 1. The zero-order valence-electron chi connectivity index (χ0n) is 8.47. The van der Waals surface area contributed by atoms with Crippen molar-refractivity contribution in [3.8, 4) is 0 Å². The van der Waals surface area contributed by atoms with Gasteiger partial charge in [-0.3, -0.25) is 0 Å². The summed E-state index contributed by atoms with van der Waals surface area (Å²) in [5.74, 6) is 0. The summed E-state index contributed by atoms with van der Waals surface area (Å²) >= 11 is 0. The summed E-state index contributed by atoms with van der Waals surface area (Å²) in [5, 5.41) is 3.46. The second-order valence-corrected chi connectivity index (χ2v) is 3.82. The largest absolute Gasteiger partial charge is 0.315 e. The van der Waals surface area contributed by atoms with E-state index in [4.69, 9.17) is 0 Å². The number of rotatable bonds is 7. The Kier molecular flexibility index (Phi) is 4.62. The van der Waals surface area contributed by atoms with Crippen molar-refractivity contribution in [2.75, 3.05) is 26.7 Å². The molecule has 0 aromatic carbocycles. The van der Waals surface area contributed by atoms with E-state index in [1.807, 2.05) is 0 Å². The topological polar surface area (TPSA) is 15.3 Å². The quantitative estimate of drug-likeness (QED) is 0.582. The molecule has 1 rings (SSSR count). The molecule has 12 heavy (non-hydrogen) atoms. The van der Waals surface area contributed by atoms with Gasteiger partial charge in [0, 0.05) is 19.1 Å². The summed E-state index contributed by atoms with van der Waals surface area (Å²) in [6.45, 7) is 5.80. The lowest BCUT2D eigenvalue weighted by Crippen LogP contribution is -2.31. The third-order valence-corrected chi connectivity index (χ3v) is 2.52. The van der Waals surface area contributed by atoms with Crippen LogP contribution in [-0.2, 0) is 0 Å². The van der Waals surface area contributed by atoms with Crippen LogP contribution in [0, 0.1) is 0 Å². The first-order chi connectivity index (χ1) is 5.84. The van der Waals surface area contributed by atoms with Gasteiger partial charge in [0.2, 0.25) is 0 Å². The lowest BCUT2D eigenvalue weighted by molar-refractivity contribution is 0.322. The molecule has 0 bridgehead atoms. The third kappa shape index (κ3) is 4.07. The Hall–Kier alpha value is -0.0800. The maximum absolute atomic E-state index is 3.46. The molecule has 72 valence electrons. The molecular weight excluding hydrogens is 148 g/mol. The van der Waals surface area contributed by atoms with E-state index in [1.54, 1.807) is 0 Å². The predicted molar refractivity (Wildman–Crippen MR) is 53.4 cm³/mol. The highest BCUT2D eigenvalue weighted by atomic mass is 15.2. The first-order valence-electron chi connectivity index (χ1n) is 5.25. The van der Waals surface area contributed by atoms with Crippen LogP contribution in [0.2, 0.25) is 0 Å². The van der Waals surface area contributed by atoms with Crippen molar-refractivity contribution in [2.45, 2.75) is 38.6 Å². The first-order valence-corrected chi connectivity index (χ1v) is 5.25. The summed E-state index contributed by atoms with van der Waals surface area (Å²) in [6.07, 6.45) is 5.45. The van der Waals surface area contributed by atoms with E-state index < -0.39 is 0 Å². The van der Waals surface area contributed by atoms with E-state index >= 15 is 0 Å². The predicted octanol–water partition coefficient (Wildman–Crippen LogP) is 1.47. The Labute approximate surface area is 76.3 Å². The SMILES string of the molecule is CCCCNCCN(C)C1CC1. The maximum atomic E-state index is 3.46. The van der Waals surface area contributed by atoms with Crippen LogP contribution in [-0.4, -0.2) is 37.6 Å². The smallest absolute Gasteiger partial charge is 0.0107 e. The standard InChI is InChI=1S/C10H22N2/c1-3-4-7-11-8-9-12(2)10-5-6-10/h10-11H,3-9H2,1-2H3. The fraction of sp³-hybridized carbons (Fsp3) is 1.00. The first kappa shape index (κ1) is 10.0. The molecule has 0 heterocycles. The number of nitrogens with one attached hydrogen (secondary N) is 1. The van der Waals surface area contributed by atoms with E-state index in [0.717, 1.165) is 12.6 Å². The van der Waals surface area contributed by atoms with E-state index in [9.17, 15) is 0 Å². The van der Waals surface area contributed by atoms with Gasteiger partial charge in [-0.2, -0.15) is 0 Å². The summed E-state index contributed by atoms with van der Waals surface area (Å²) in [6, 6.07) is 0.915. The van der Waals surface area contributed by atoms with Crippen molar-refractivity contribution in [3.63, 3.8) is 0 Å². The van der Waals surface area contributed by atoms with E-state index in [0.29, 0.717) is 0 Å². The highest BCUT2D eigenvalue weighted by molar-refractivity contribution is 4.82. The molecule has 0 saturated heterocycles. The van der Waals surface area contributed by atoms with Gasteiger partial charge in [0.25, 0.3) is 0 Å². The molecule has 0 aromatic heterocycles. The molecule has 0 radical (unpaired) electrons. The van der Waals surface area contributed by atoms with Gasteiger partial charge >= 0.3 is 0 Å². The van der Waals surface area contributed by atoms with Crippen LogP contribution >= 0.6 is 0 Å². The highest BCUT2D eigenvalue weighted by Gasteiger charge is 2.25. The summed E-state index contributed by atoms with van der Waals surface area (Å²) in [7, 11) is 2.24. The van der Waals surface area contributed by atoms with Crippen molar-refractivity contribution in [3.05, 3.63) is 0 Å². The third-order valence-electron chi connectivity index (χ3n) is 2.52. The van der Waals surface area contributed by atoms with Gasteiger partial charge in [-0.25, -0.2) is 0 Å². The molecular formula is C10H22N2. The maximum Gasteiger partial charge on any atom is 0.0107 e. The second kappa shape index (κ2) is 5.55. The Morgan fingerprint density at radius 3 is 2.67 bits per heavy atom. The van der Waals surface area contributed by atoms with Crippen LogP contribution in [0.5, 0.6) is 0 Å². The van der Waals surface area contributed by atoms with Crippen molar-refractivity contribution < 1.29 is 0 Å². The molecule has 0 unspecified atom stereocenters. The lowest BCUT2D eigenvalue weighted by Gasteiger charge is -2.15. The minimum absolute atomic E-state index is 0.915.